The summed E-state index contributed by atoms with van der Waals surface area (Å²) < 4.78 is 12.3. The van der Waals surface area contributed by atoms with Crippen molar-refractivity contribution >= 4 is 15.9 Å². The maximum absolute atomic E-state index is 5.67. The molecule has 0 fully saturated rings. The average Bonchev–Trinajstić information content (AvgIpc) is 2.43. The third-order valence-corrected chi connectivity index (χ3v) is 3.53. The number of unbranched alkanes of at least 4 members (excludes halogenated alkanes) is 2. The fourth-order valence-electron chi connectivity index (χ4n) is 2.00. The van der Waals surface area contributed by atoms with Crippen LogP contribution in [0.4, 0.5) is 0 Å². The van der Waals surface area contributed by atoms with Gasteiger partial charge in [-0.3, -0.25) is 0 Å². The molecule has 0 amide bonds. The Morgan fingerprint density at radius 1 is 1.05 bits per heavy atom. The van der Waals surface area contributed by atoms with Crippen LogP contribution in [0.15, 0.2) is 16.6 Å². The van der Waals surface area contributed by atoms with Gasteiger partial charge in [-0.05, 0) is 60.4 Å². The summed E-state index contributed by atoms with van der Waals surface area (Å²) in [7, 11) is 0. The van der Waals surface area contributed by atoms with Gasteiger partial charge >= 0.3 is 0 Å². The summed E-state index contributed by atoms with van der Waals surface area (Å²) in [5, 5.41) is 3.47. The minimum absolute atomic E-state index is 0.632. The number of halogens is 1. The molecule has 0 aliphatic heterocycles. The van der Waals surface area contributed by atoms with Gasteiger partial charge in [0, 0.05) is 6.54 Å². The molecule has 20 heavy (non-hydrogen) atoms. The second-order valence-electron chi connectivity index (χ2n) is 4.65. The van der Waals surface area contributed by atoms with Gasteiger partial charge < -0.3 is 14.8 Å². The zero-order valence-corrected chi connectivity index (χ0v) is 14.4. The number of rotatable bonds is 10. The van der Waals surface area contributed by atoms with Gasteiger partial charge in [-0.2, -0.15) is 0 Å². The standard InChI is InChI=1S/C16H26BrNO2/c1-4-7-8-9-18-12-13-10-14(17)16(20-6-3)15(11-13)19-5-2/h10-11,18H,4-9,12H2,1-3H3. The topological polar surface area (TPSA) is 30.5 Å². The van der Waals surface area contributed by atoms with E-state index in [9.17, 15) is 0 Å². The SMILES string of the molecule is CCCCCNCc1cc(Br)c(OCC)c(OCC)c1. The molecule has 0 aliphatic rings. The van der Waals surface area contributed by atoms with Gasteiger partial charge in [0.1, 0.15) is 0 Å². The lowest BCUT2D eigenvalue weighted by Crippen LogP contribution is -2.14. The van der Waals surface area contributed by atoms with Crippen LogP contribution >= 0.6 is 15.9 Å². The molecule has 1 aromatic carbocycles. The molecular weight excluding hydrogens is 318 g/mol. The zero-order valence-electron chi connectivity index (χ0n) is 12.8. The maximum Gasteiger partial charge on any atom is 0.175 e. The zero-order chi connectivity index (χ0) is 14.8. The first-order valence-electron chi connectivity index (χ1n) is 7.51. The van der Waals surface area contributed by atoms with E-state index in [1.54, 1.807) is 0 Å². The van der Waals surface area contributed by atoms with Crippen LogP contribution in [-0.2, 0) is 6.54 Å². The maximum atomic E-state index is 5.67. The highest BCUT2D eigenvalue weighted by atomic mass is 79.9. The Kier molecular flexibility index (Phi) is 8.70. The number of ether oxygens (including phenoxy) is 2. The predicted molar refractivity (Wildman–Crippen MR) is 87.7 cm³/mol. The molecule has 0 radical (unpaired) electrons. The van der Waals surface area contributed by atoms with Gasteiger partial charge in [0.15, 0.2) is 11.5 Å². The van der Waals surface area contributed by atoms with E-state index < -0.39 is 0 Å². The number of hydrogen-bond acceptors (Lipinski definition) is 3. The van der Waals surface area contributed by atoms with Crippen molar-refractivity contribution in [3.05, 3.63) is 22.2 Å². The molecule has 1 rings (SSSR count). The van der Waals surface area contributed by atoms with E-state index >= 15 is 0 Å². The molecule has 0 atom stereocenters. The molecule has 114 valence electrons. The summed E-state index contributed by atoms with van der Waals surface area (Å²) in [5.41, 5.74) is 1.21. The smallest absolute Gasteiger partial charge is 0.175 e. The third kappa shape index (κ3) is 5.71. The summed E-state index contributed by atoms with van der Waals surface area (Å²) >= 11 is 3.57. The third-order valence-electron chi connectivity index (χ3n) is 2.94. The number of hydrogen-bond donors (Lipinski definition) is 1. The molecule has 0 saturated carbocycles. The van der Waals surface area contributed by atoms with Crippen molar-refractivity contribution in [3.63, 3.8) is 0 Å². The molecule has 0 aliphatic carbocycles. The summed E-state index contributed by atoms with van der Waals surface area (Å²) in [4.78, 5) is 0. The van der Waals surface area contributed by atoms with Crippen LogP contribution in [0.3, 0.4) is 0 Å². The molecular formula is C16H26BrNO2. The highest BCUT2D eigenvalue weighted by molar-refractivity contribution is 9.10. The van der Waals surface area contributed by atoms with E-state index in [1.165, 1.54) is 24.8 Å². The van der Waals surface area contributed by atoms with Crippen LogP contribution in [0.5, 0.6) is 11.5 Å². The lowest BCUT2D eigenvalue weighted by Gasteiger charge is -2.15. The van der Waals surface area contributed by atoms with Crippen molar-refractivity contribution in [2.45, 2.75) is 46.6 Å². The first-order chi connectivity index (χ1) is 9.72. The molecule has 0 saturated heterocycles. The lowest BCUT2D eigenvalue weighted by molar-refractivity contribution is 0.286. The van der Waals surface area contributed by atoms with E-state index in [1.807, 2.05) is 13.8 Å². The van der Waals surface area contributed by atoms with Crippen LogP contribution in [0, 0.1) is 0 Å². The van der Waals surface area contributed by atoms with Crippen LogP contribution in [0.1, 0.15) is 45.6 Å². The van der Waals surface area contributed by atoms with E-state index in [4.69, 9.17) is 9.47 Å². The van der Waals surface area contributed by atoms with E-state index in [0.717, 1.165) is 29.1 Å². The highest BCUT2D eigenvalue weighted by Gasteiger charge is 2.11. The second kappa shape index (κ2) is 10.1. The normalized spacial score (nSPS) is 10.6. The molecule has 1 aromatic rings. The van der Waals surface area contributed by atoms with Gasteiger partial charge in [-0.15, -0.1) is 0 Å². The Balaban J connectivity index is 2.67. The molecule has 0 unspecified atom stereocenters. The van der Waals surface area contributed by atoms with Crippen molar-refractivity contribution in [2.75, 3.05) is 19.8 Å². The molecule has 0 spiro atoms. The Morgan fingerprint density at radius 2 is 1.80 bits per heavy atom. The van der Waals surface area contributed by atoms with Crippen molar-refractivity contribution in [1.82, 2.24) is 5.32 Å². The fraction of sp³-hybridized carbons (Fsp3) is 0.625. The molecule has 1 N–H and O–H groups in total. The van der Waals surface area contributed by atoms with Crippen LogP contribution in [0.2, 0.25) is 0 Å². The van der Waals surface area contributed by atoms with Gasteiger partial charge in [-0.25, -0.2) is 0 Å². The lowest BCUT2D eigenvalue weighted by atomic mass is 10.2. The van der Waals surface area contributed by atoms with Crippen molar-refractivity contribution in [2.24, 2.45) is 0 Å². The second-order valence-corrected chi connectivity index (χ2v) is 5.51. The van der Waals surface area contributed by atoms with Crippen molar-refractivity contribution < 1.29 is 9.47 Å². The molecule has 0 heterocycles. The average molecular weight is 344 g/mol. The Labute approximate surface area is 131 Å². The molecule has 4 heteroatoms. The van der Waals surface area contributed by atoms with E-state index in [0.29, 0.717) is 13.2 Å². The van der Waals surface area contributed by atoms with E-state index in [-0.39, 0.29) is 0 Å². The van der Waals surface area contributed by atoms with Gasteiger partial charge in [-0.1, -0.05) is 19.8 Å². The van der Waals surface area contributed by atoms with E-state index in [2.05, 4.69) is 40.3 Å². The summed E-state index contributed by atoms with van der Waals surface area (Å²) in [5.74, 6) is 1.61. The minimum atomic E-state index is 0.632. The van der Waals surface area contributed by atoms with Gasteiger partial charge in [0.25, 0.3) is 0 Å². The first kappa shape index (κ1) is 17.3. The minimum Gasteiger partial charge on any atom is -0.490 e. The molecule has 0 bridgehead atoms. The first-order valence-corrected chi connectivity index (χ1v) is 8.30. The fourth-order valence-corrected chi connectivity index (χ4v) is 2.61. The van der Waals surface area contributed by atoms with Crippen LogP contribution < -0.4 is 14.8 Å². The quantitative estimate of drug-likeness (QED) is 0.633. The molecule has 3 nitrogen and oxygen atoms in total. The van der Waals surface area contributed by atoms with Crippen LogP contribution in [-0.4, -0.2) is 19.8 Å². The van der Waals surface area contributed by atoms with Gasteiger partial charge in [0.2, 0.25) is 0 Å². The Hall–Kier alpha value is -0.740. The van der Waals surface area contributed by atoms with Crippen molar-refractivity contribution in [3.8, 4) is 11.5 Å². The Morgan fingerprint density at radius 3 is 2.45 bits per heavy atom. The molecule has 0 aromatic heterocycles. The number of benzene rings is 1. The Bertz CT molecular complexity index is 396. The monoisotopic (exact) mass is 343 g/mol. The summed E-state index contributed by atoms with van der Waals surface area (Å²) in [6.07, 6.45) is 3.77. The largest absolute Gasteiger partial charge is 0.490 e. The number of nitrogens with one attached hydrogen (secondary N) is 1. The van der Waals surface area contributed by atoms with Crippen LogP contribution in [0.25, 0.3) is 0 Å². The van der Waals surface area contributed by atoms with Gasteiger partial charge in [0.05, 0.1) is 17.7 Å². The highest BCUT2D eigenvalue weighted by Crippen LogP contribution is 2.36. The summed E-state index contributed by atoms with van der Waals surface area (Å²) in [6.45, 7) is 9.37. The van der Waals surface area contributed by atoms with Crippen molar-refractivity contribution in [1.29, 1.82) is 0 Å². The summed E-state index contributed by atoms with van der Waals surface area (Å²) in [6, 6.07) is 4.16. The predicted octanol–water partition coefficient (Wildman–Crippen LogP) is 4.53.